The summed E-state index contributed by atoms with van der Waals surface area (Å²) < 4.78 is 45.5. The molecule has 2 N–H and O–H groups in total. The van der Waals surface area contributed by atoms with Gasteiger partial charge in [0.15, 0.2) is 11.6 Å². The number of rotatable bonds is 4. The zero-order valence-electron chi connectivity index (χ0n) is 11.5. The van der Waals surface area contributed by atoms with Crippen LogP contribution in [-0.4, -0.2) is 25.7 Å². The number of halogens is 1. The molecule has 0 radical (unpaired) electrons. The quantitative estimate of drug-likeness (QED) is 0.773. The first-order chi connectivity index (χ1) is 10.5. The Kier molecular flexibility index (Phi) is 3.45. The number of para-hydroxylation sites is 1. The summed E-state index contributed by atoms with van der Waals surface area (Å²) >= 11 is 0. The van der Waals surface area contributed by atoms with Crippen LogP contribution in [0.2, 0.25) is 0 Å². The first-order valence-electron chi connectivity index (χ1n) is 6.30. The summed E-state index contributed by atoms with van der Waals surface area (Å²) in [5.41, 5.74) is 0.929. The van der Waals surface area contributed by atoms with Crippen molar-refractivity contribution < 1.29 is 17.5 Å². The van der Waals surface area contributed by atoms with Gasteiger partial charge in [0.2, 0.25) is 0 Å². The Hall–Kier alpha value is -2.61. The molecule has 0 bridgehead atoms. The van der Waals surface area contributed by atoms with Gasteiger partial charge < -0.3 is 4.74 Å². The van der Waals surface area contributed by atoms with Crippen LogP contribution in [0.25, 0.3) is 10.9 Å². The molecule has 0 fully saturated rings. The van der Waals surface area contributed by atoms with Gasteiger partial charge in [0.1, 0.15) is 0 Å². The monoisotopic (exact) mass is 321 g/mol. The Bertz CT molecular complexity index is 937. The maximum absolute atomic E-state index is 13.4. The summed E-state index contributed by atoms with van der Waals surface area (Å²) in [5.74, 6) is -0.764. The Morgan fingerprint density at radius 3 is 2.86 bits per heavy atom. The predicted molar refractivity (Wildman–Crippen MR) is 79.9 cm³/mol. The van der Waals surface area contributed by atoms with Crippen molar-refractivity contribution in [2.24, 2.45) is 0 Å². The van der Waals surface area contributed by atoms with Crippen molar-refractivity contribution in [1.29, 1.82) is 0 Å². The molecule has 1 aromatic heterocycles. The summed E-state index contributed by atoms with van der Waals surface area (Å²) in [4.78, 5) is -0.0951. The van der Waals surface area contributed by atoms with Gasteiger partial charge in [-0.1, -0.05) is 12.1 Å². The number of hydrogen-bond donors (Lipinski definition) is 2. The average Bonchev–Trinajstić information content (AvgIpc) is 2.97. The fraction of sp³-hybridized carbons (Fsp3) is 0.0714. The lowest BCUT2D eigenvalue weighted by molar-refractivity contribution is 0.385. The second kappa shape index (κ2) is 5.30. The predicted octanol–water partition coefficient (Wildman–Crippen LogP) is 2.51. The van der Waals surface area contributed by atoms with E-state index in [9.17, 15) is 12.8 Å². The number of benzene rings is 2. The molecule has 114 valence electrons. The number of aromatic nitrogens is 2. The zero-order valence-corrected chi connectivity index (χ0v) is 12.3. The molecule has 3 aromatic rings. The molecule has 0 aliphatic heterocycles. The molecule has 0 spiro atoms. The SMILES string of the molecule is COc1cc(S(=O)(=O)Nc2cccc3cn[nH]c23)ccc1F. The van der Waals surface area contributed by atoms with Crippen molar-refractivity contribution in [3.63, 3.8) is 0 Å². The van der Waals surface area contributed by atoms with Crippen LogP contribution >= 0.6 is 0 Å². The second-order valence-corrected chi connectivity index (χ2v) is 6.22. The van der Waals surface area contributed by atoms with Crippen molar-refractivity contribution in [2.75, 3.05) is 11.8 Å². The molecule has 1 heterocycles. The van der Waals surface area contributed by atoms with E-state index in [2.05, 4.69) is 14.9 Å². The average molecular weight is 321 g/mol. The number of ether oxygens (including phenoxy) is 1. The number of aromatic amines is 1. The van der Waals surface area contributed by atoms with Crippen LogP contribution in [0.5, 0.6) is 5.75 Å². The number of H-pyrrole nitrogens is 1. The normalized spacial score (nSPS) is 11.5. The zero-order chi connectivity index (χ0) is 15.7. The minimum Gasteiger partial charge on any atom is -0.494 e. The van der Waals surface area contributed by atoms with Gasteiger partial charge in [-0.25, -0.2) is 12.8 Å². The third-order valence-electron chi connectivity index (χ3n) is 3.15. The van der Waals surface area contributed by atoms with Crippen LogP contribution < -0.4 is 9.46 Å². The van der Waals surface area contributed by atoms with Gasteiger partial charge in [-0.05, 0) is 18.2 Å². The summed E-state index contributed by atoms with van der Waals surface area (Å²) in [7, 11) is -2.61. The van der Waals surface area contributed by atoms with Gasteiger partial charge >= 0.3 is 0 Å². The van der Waals surface area contributed by atoms with Gasteiger partial charge in [0, 0.05) is 11.5 Å². The highest BCUT2D eigenvalue weighted by atomic mass is 32.2. The van der Waals surface area contributed by atoms with E-state index in [1.54, 1.807) is 24.4 Å². The molecule has 2 aromatic carbocycles. The minimum absolute atomic E-state index is 0.0951. The maximum Gasteiger partial charge on any atom is 0.262 e. The smallest absolute Gasteiger partial charge is 0.262 e. The standard InChI is InChI=1S/C14H12FN3O3S/c1-21-13-7-10(5-6-11(13)15)22(19,20)18-12-4-2-3-9-8-16-17-14(9)12/h2-8,18H,1H3,(H,16,17). The molecule has 0 saturated heterocycles. The third-order valence-corrected chi connectivity index (χ3v) is 4.52. The minimum atomic E-state index is -3.88. The Labute approximate surface area is 126 Å². The maximum atomic E-state index is 13.4. The van der Waals surface area contributed by atoms with Crippen molar-refractivity contribution in [3.05, 3.63) is 48.4 Å². The highest BCUT2D eigenvalue weighted by molar-refractivity contribution is 7.92. The van der Waals surface area contributed by atoms with Gasteiger partial charge in [-0.2, -0.15) is 5.10 Å². The van der Waals surface area contributed by atoms with Crippen molar-refractivity contribution in [1.82, 2.24) is 10.2 Å². The lowest BCUT2D eigenvalue weighted by atomic mass is 10.2. The molecule has 8 heteroatoms. The number of methoxy groups -OCH3 is 1. The van der Waals surface area contributed by atoms with Crippen LogP contribution in [0.15, 0.2) is 47.5 Å². The molecule has 0 aliphatic carbocycles. The van der Waals surface area contributed by atoms with E-state index < -0.39 is 15.8 Å². The third kappa shape index (κ3) is 2.48. The molecule has 0 amide bonds. The first-order valence-corrected chi connectivity index (χ1v) is 7.78. The van der Waals surface area contributed by atoms with E-state index in [1.165, 1.54) is 13.2 Å². The largest absolute Gasteiger partial charge is 0.494 e. The van der Waals surface area contributed by atoms with Crippen LogP contribution in [0.1, 0.15) is 0 Å². The van der Waals surface area contributed by atoms with Gasteiger partial charge in [0.05, 0.1) is 29.4 Å². The van der Waals surface area contributed by atoms with E-state index in [0.717, 1.165) is 17.5 Å². The van der Waals surface area contributed by atoms with E-state index in [-0.39, 0.29) is 10.6 Å². The van der Waals surface area contributed by atoms with Gasteiger partial charge in [0.25, 0.3) is 10.0 Å². The summed E-state index contributed by atoms with van der Waals surface area (Å²) in [6.07, 6.45) is 1.59. The van der Waals surface area contributed by atoms with Gasteiger partial charge in [-0.3, -0.25) is 9.82 Å². The molecule has 22 heavy (non-hydrogen) atoms. The molecule has 6 nitrogen and oxygen atoms in total. The van der Waals surface area contributed by atoms with E-state index in [0.29, 0.717) is 11.2 Å². The number of hydrogen-bond acceptors (Lipinski definition) is 4. The topological polar surface area (TPSA) is 84.1 Å². The summed E-state index contributed by atoms with van der Waals surface area (Å²) in [5, 5.41) is 7.38. The fourth-order valence-electron chi connectivity index (χ4n) is 2.06. The Balaban J connectivity index is 2.02. The first kappa shape index (κ1) is 14.3. The summed E-state index contributed by atoms with van der Waals surface area (Å²) in [6.45, 7) is 0. The van der Waals surface area contributed by atoms with Crippen LogP contribution in [-0.2, 0) is 10.0 Å². The Morgan fingerprint density at radius 1 is 1.27 bits per heavy atom. The highest BCUT2D eigenvalue weighted by Crippen LogP contribution is 2.26. The van der Waals surface area contributed by atoms with E-state index in [4.69, 9.17) is 4.74 Å². The van der Waals surface area contributed by atoms with Crippen LogP contribution in [0.4, 0.5) is 10.1 Å². The highest BCUT2D eigenvalue weighted by Gasteiger charge is 2.18. The van der Waals surface area contributed by atoms with Crippen LogP contribution in [0.3, 0.4) is 0 Å². The number of fused-ring (bicyclic) bond motifs is 1. The van der Waals surface area contributed by atoms with Crippen molar-refractivity contribution in [2.45, 2.75) is 4.90 Å². The Morgan fingerprint density at radius 2 is 2.09 bits per heavy atom. The molecule has 0 atom stereocenters. The number of nitrogens with zero attached hydrogens (tertiary/aromatic N) is 1. The van der Waals surface area contributed by atoms with Crippen molar-refractivity contribution >= 4 is 26.6 Å². The second-order valence-electron chi connectivity index (χ2n) is 4.54. The number of sulfonamides is 1. The van der Waals surface area contributed by atoms with E-state index >= 15 is 0 Å². The van der Waals surface area contributed by atoms with E-state index in [1.807, 2.05) is 0 Å². The molecule has 3 rings (SSSR count). The lowest BCUT2D eigenvalue weighted by Crippen LogP contribution is -2.13. The fourth-order valence-corrected chi connectivity index (χ4v) is 3.15. The number of nitrogens with one attached hydrogen (secondary N) is 2. The molecular formula is C14H12FN3O3S. The van der Waals surface area contributed by atoms with Crippen molar-refractivity contribution in [3.8, 4) is 5.75 Å². The van der Waals surface area contributed by atoms with Gasteiger partial charge in [-0.15, -0.1) is 0 Å². The summed E-state index contributed by atoms with van der Waals surface area (Å²) in [6, 6.07) is 8.47. The molecule has 0 unspecified atom stereocenters. The number of anilines is 1. The molecular weight excluding hydrogens is 309 g/mol. The lowest BCUT2D eigenvalue weighted by Gasteiger charge is -2.10. The van der Waals surface area contributed by atoms with Crippen LogP contribution in [0, 0.1) is 5.82 Å². The molecule has 0 aliphatic rings. The molecule has 0 saturated carbocycles.